The van der Waals surface area contributed by atoms with Gasteiger partial charge in [-0.05, 0) is 31.5 Å². The van der Waals surface area contributed by atoms with Crippen LogP contribution in [0.2, 0.25) is 0 Å². The Morgan fingerprint density at radius 1 is 1.17 bits per heavy atom. The normalized spacial score (nSPS) is 14.4. The van der Waals surface area contributed by atoms with Crippen LogP contribution in [-0.4, -0.2) is 6.54 Å². The van der Waals surface area contributed by atoms with E-state index in [4.69, 9.17) is 5.73 Å². The van der Waals surface area contributed by atoms with Gasteiger partial charge in [0, 0.05) is 22.3 Å². The molecule has 0 aliphatic heterocycles. The number of nitrogens with two attached hydrogens (primary N) is 1. The molecule has 0 aliphatic carbocycles. The third-order valence-electron chi connectivity index (χ3n) is 3.09. The van der Waals surface area contributed by atoms with E-state index in [1.165, 1.54) is 15.3 Å². The second-order valence-corrected chi connectivity index (χ2v) is 5.86. The summed E-state index contributed by atoms with van der Waals surface area (Å²) in [4.78, 5) is 2.65. The van der Waals surface area contributed by atoms with Crippen molar-refractivity contribution in [2.75, 3.05) is 6.54 Å². The first-order valence-corrected chi connectivity index (χ1v) is 7.09. The smallest absolute Gasteiger partial charge is 0.0544 e. The Morgan fingerprint density at radius 2 is 1.89 bits per heavy atom. The molecule has 2 rings (SSSR count). The molecule has 1 aromatic heterocycles. The average Bonchev–Trinajstić information content (AvgIpc) is 2.83. The van der Waals surface area contributed by atoms with Gasteiger partial charge in [0.25, 0.3) is 0 Å². The highest BCUT2D eigenvalue weighted by Crippen LogP contribution is 2.24. The Morgan fingerprint density at radius 3 is 2.44 bits per heavy atom. The van der Waals surface area contributed by atoms with Crippen LogP contribution >= 0.6 is 11.3 Å². The van der Waals surface area contributed by atoms with Crippen LogP contribution in [0.15, 0.2) is 42.5 Å². The third kappa shape index (κ3) is 3.19. The second-order valence-electron chi connectivity index (χ2n) is 4.54. The van der Waals surface area contributed by atoms with Crippen molar-refractivity contribution in [3.8, 4) is 0 Å². The molecule has 1 heterocycles. The fourth-order valence-electron chi connectivity index (χ4n) is 2.05. The Kier molecular flexibility index (Phi) is 4.53. The van der Waals surface area contributed by atoms with E-state index in [1.807, 2.05) is 17.4 Å². The molecule has 0 aliphatic rings. The first-order chi connectivity index (χ1) is 8.70. The van der Waals surface area contributed by atoms with Gasteiger partial charge in [0.2, 0.25) is 0 Å². The maximum atomic E-state index is 5.88. The molecule has 3 N–H and O–H groups in total. The van der Waals surface area contributed by atoms with Crippen LogP contribution in [0.3, 0.4) is 0 Å². The minimum absolute atomic E-state index is 0.235. The molecule has 3 heteroatoms. The zero-order valence-electron chi connectivity index (χ0n) is 10.9. The number of aryl methyl sites for hydroxylation is 1. The molecular formula is C15H20N2S. The van der Waals surface area contributed by atoms with Crippen molar-refractivity contribution >= 4 is 11.3 Å². The number of rotatable bonds is 5. The summed E-state index contributed by atoms with van der Waals surface area (Å²) in [7, 11) is 0. The van der Waals surface area contributed by atoms with Gasteiger partial charge in [0.15, 0.2) is 0 Å². The summed E-state index contributed by atoms with van der Waals surface area (Å²) < 4.78 is 0. The van der Waals surface area contributed by atoms with E-state index in [0.29, 0.717) is 12.6 Å². The van der Waals surface area contributed by atoms with Gasteiger partial charge in [-0.25, -0.2) is 0 Å². The molecule has 0 amide bonds. The Hall–Kier alpha value is -1.16. The highest BCUT2D eigenvalue weighted by Gasteiger charge is 2.15. The van der Waals surface area contributed by atoms with E-state index < -0.39 is 0 Å². The maximum absolute atomic E-state index is 5.88. The zero-order valence-corrected chi connectivity index (χ0v) is 11.7. The minimum Gasteiger partial charge on any atom is -0.329 e. The molecule has 18 heavy (non-hydrogen) atoms. The van der Waals surface area contributed by atoms with Crippen molar-refractivity contribution in [1.82, 2.24) is 5.32 Å². The van der Waals surface area contributed by atoms with Gasteiger partial charge in [0.1, 0.15) is 0 Å². The monoisotopic (exact) mass is 260 g/mol. The second kappa shape index (κ2) is 6.14. The molecular weight excluding hydrogens is 240 g/mol. The van der Waals surface area contributed by atoms with Crippen LogP contribution < -0.4 is 11.1 Å². The Bertz CT molecular complexity index is 478. The molecule has 1 aromatic carbocycles. The minimum atomic E-state index is 0.235. The SMILES string of the molecule is Cc1ccc(C(CN)NC(C)c2ccccc2)s1. The summed E-state index contributed by atoms with van der Waals surface area (Å²) in [5.74, 6) is 0. The topological polar surface area (TPSA) is 38.0 Å². The van der Waals surface area contributed by atoms with Crippen molar-refractivity contribution in [2.24, 2.45) is 5.73 Å². The molecule has 0 bridgehead atoms. The standard InChI is InChI=1S/C15H20N2S/c1-11-8-9-15(18-11)14(10-16)17-12(2)13-6-4-3-5-7-13/h3-9,12,14,17H,10,16H2,1-2H3. The molecule has 0 fully saturated rings. The predicted molar refractivity (Wildman–Crippen MR) is 78.8 cm³/mol. The van der Waals surface area contributed by atoms with Crippen molar-refractivity contribution in [3.05, 3.63) is 57.8 Å². The van der Waals surface area contributed by atoms with Crippen LogP contribution in [0.5, 0.6) is 0 Å². The number of benzene rings is 1. The fourth-order valence-corrected chi connectivity index (χ4v) is 3.00. The van der Waals surface area contributed by atoms with Gasteiger partial charge in [-0.2, -0.15) is 0 Å². The molecule has 0 saturated carbocycles. The van der Waals surface area contributed by atoms with Gasteiger partial charge in [-0.15, -0.1) is 11.3 Å². The van der Waals surface area contributed by atoms with Crippen LogP contribution in [0.1, 0.15) is 34.3 Å². The fraction of sp³-hybridized carbons (Fsp3) is 0.333. The van der Waals surface area contributed by atoms with Gasteiger partial charge in [-0.3, -0.25) is 0 Å². The highest BCUT2D eigenvalue weighted by molar-refractivity contribution is 7.12. The number of thiophene rings is 1. The molecule has 2 aromatic rings. The van der Waals surface area contributed by atoms with Gasteiger partial charge in [0.05, 0.1) is 6.04 Å². The van der Waals surface area contributed by atoms with Gasteiger partial charge in [-0.1, -0.05) is 30.3 Å². The molecule has 2 atom stereocenters. The van der Waals surface area contributed by atoms with E-state index in [1.54, 1.807) is 0 Å². The lowest BCUT2D eigenvalue weighted by atomic mass is 10.1. The lowest BCUT2D eigenvalue weighted by Crippen LogP contribution is -2.29. The van der Waals surface area contributed by atoms with Crippen molar-refractivity contribution in [3.63, 3.8) is 0 Å². The van der Waals surface area contributed by atoms with E-state index in [-0.39, 0.29) is 6.04 Å². The lowest BCUT2D eigenvalue weighted by Gasteiger charge is -2.21. The summed E-state index contributed by atoms with van der Waals surface area (Å²) in [5, 5.41) is 3.60. The summed E-state index contributed by atoms with van der Waals surface area (Å²) in [6.07, 6.45) is 0. The lowest BCUT2D eigenvalue weighted by molar-refractivity contribution is 0.479. The van der Waals surface area contributed by atoms with E-state index in [0.717, 1.165) is 0 Å². The summed E-state index contributed by atoms with van der Waals surface area (Å²) in [5.41, 5.74) is 7.18. The molecule has 96 valence electrons. The Labute approximate surface area is 113 Å². The van der Waals surface area contributed by atoms with E-state index in [2.05, 4.69) is 55.6 Å². The number of hydrogen-bond acceptors (Lipinski definition) is 3. The quantitative estimate of drug-likeness (QED) is 0.864. The van der Waals surface area contributed by atoms with E-state index in [9.17, 15) is 0 Å². The van der Waals surface area contributed by atoms with Crippen LogP contribution in [0, 0.1) is 6.92 Å². The van der Waals surface area contributed by atoms with Crippen molar-refractivity contribution < 1.29 is 0 Å². The molecule has 0 spiro atoms. The van der Waals surface area contributed by atoms with Gasteiger partial charge >= 0.3 is 0 Å². The number of hydrogen-bond donors (Lipinski definition) is 2. The number of nitrogens with one attached hydrogen (secondary N) is 1. The molecule has 2 unspecified atom stereocenters. The summed E-state index contributed by atoms with van der Waals surface area (Å²) in [6.45, 7) is 4.93. The van der Waals surface area contributed by atoms with Crippen molar-refractivity contribution in [2.45, 2.75) is 25.9 Å². The maximum Gasteiger partial charge on any atom is 0.0544 e. The van der Waals surface area contributed by atoms with Crippen LogP contribution in [0.25, 0.3) is 0 Å². The predicted octanol–water partition coefficient (Wildman–Crippen LogP) is 3.41. The highest BCUT2D eigenvalue weighted by atomic mass is 32.1. The molecule has 0 radical (unpaired) electrons. The summed E-state index contributed by atoms with van der Waals surface area (Å²) >= 11 is 1.82. The van der Waals surface area contributed by atoms with Crippen LogP contribution in [-0.2, 0) is 0 Å². The average molecular weight is 260 g/mol. The first-order valence-electron chi connectivity index (χ1n) is 6.28. The van der Waals surface area contributed by atoms with Gasteiger partial charge < -0.3 is 11.1 Å². The van der Waals surface area contributed by atoms with Crippen molar-refractivity contribution in [1.29, 1.82) is 0 Å². The van der Waals surface area contributed by atoms with Crippen LogP contribution in [0.4, 0.5) is 0 Å². The summed E-state index contributed by atoms with van der Waals surface area (Å²) in [6, 6.07) is 15.3. The van der Waals surface area contributed by atoms with E-state index >= 15 is 0 Å². The molecule has 0 saturated heterocycles. The zero-order chi connectivity index (χ0) is 13.0. The Balaban J connectivity index is 2.07. The third-order valence-corrected chi connectivity index (χ3v) is 4.21. The molecule has 2 nitrogen and oxygen atoms in total. The first kappa shape index (κ1) is 13.3. The largest absolute Gasteiger partial charge is 0.329 e.